The van der Waals surface area contributed by atoms with Crippen molar-refractivity contribution < 1.29 is 18.0 Å². The Hall–Kier alpha value is -3.17. The lowest BCUT2D eigenvalue weighted by Gasteiger charge is -2.33. The summed E-state index contributed by atoms with van der Waals surface area (Å²) >= 11 is 0. The van der Waals surface area contributed by atoms with Gasteiger partial charge in [0.2, 0.25) is 11.8 Å². The summed E-state index contributed by atoms with van der Waals surface area (Å²) in [5.41, 5.74) is 4.52. The summed E-state index contributed by atoms with van der Waals surface area (Å²) in [4.78, 5) is 26.0. The topological polar surface area (TPSA) is 108 Å². The average molecular weight is 537 g/mol. The van der Waals surface area contributed by atoms with Gasteiger partial charge in [-0.25, -0.2) is 8.42 Å². The Bertz CT molecular complexity index is 1330. The van der Waals surface area contributed by atoms with E-state index in [1.54, 1.807) is 12.1 Å². The number of nitrogens with one attached hydrogen (secondary N) is 3. The Balaban J connectivity index is 1.29. The van der Waals surface area contributed by atoms with Gasteiger partial charge in [0.25, 0.3) is 10.0 Å². The van der Waals surface area contributed by atoms with Gasteiger partial charge in [0.15, 0.2) is 0 Å². The summed E-state index contributed by atoms with van der Waals surface area (Å²) in [7, 11) is -4.01. The molecule has 1 fully saturated rings. The summed E-state index contributed by atoms with van der Waals surface area (Å²) < 4.78 is 27.6. The van der Waals surface area contributed by atoms with Crippen LogP contribution in [0.25, 0.3) is 0 Å². The second-order valence-electron chi connectivity index (χ2n) is 10.7. The lowest BCUT2D eigenvalue weighted by molar-refractivity contribution is -0.129. The van der Waals surface area contributed by atoms with Crippen LogP contribution in [0.1, 0.15) is 79.8 Å². The van der Waals surface area contributed by atoms with E-state index >= 15 is 0 Å². The van der Waals surface area contributed by atoms with Gasteiger partial charge in [0.1, 0.15) is 6.04 Å². The van der Waals surface area contributed by atoms with Crippen molar-refractivity contribution in [2.24, 2.45) is 0 Å². The first-order valence-electron chi connectivity index (χ1n) is 13.5. The third-order valence-corrected chi connectivity index (χ3v) is 9.74. The molecule has 1 heterocycles. The zero-order chi connectivity index (χ0) is 26.9. The molecule has 2 aromatic carbocycles. The van der Waals surface area contributed by atoms with E-state index in [9.17, 15) is 18.0 Å². The highest BCUT2D eigenvalue weighted by molar-refractivity contribution is 7.89. The summed E-state index contributed by atoms with van der Waals surface area (Å²) in [6.07, 6.45) is 8.82. The number of fused-ring (bicyclic) bond motifs is 1. The fourth-order valence-electron chi connectivity index (χ4n) is 5.48. The van der Waals surface area contributed by atoms with Crippen LogP contribution in [0.5, 0.6) is 0 Å². The molecular weight excluding hydrogens is 500 g/mol. The summed E-state index contributed by atoms with van der Waals surface area (Å²) in [6, 6.07) is 12.5. The number of carbonyl (C=O) groups is 2. The number of nitrogens with zero attached hydrogens (tertiary/aromatic N) is 1. The minimum Gasteiger partial charge on any atom is -0.349 e. The molecule has 9 heteroatoms. The zero-order valence-corrected chi connectivity index (χ0v) is 22.8. The van der Waals surface area contributed by atoms with Gasteiger partial charge >= 0.3 is 0 Å². The molecule has 0 spiro atoms. The Morgan fingerprint density at radius 1 is 1.11 bits per heavy atom. The molecule has 3 atom stereocenters. The molecule has 38 heavy (non-hydrogen) atoms. The van der Waals surface area contributed by atoms with Crippen LogP contribution in [0.2, 0.25) is 0 Å². The molecule has 8 nitrogen and oxygen atoms in total. The van der Waals surface area contributed by atoms with Crippen molar-refractivity contribution in [1.29, 1.82) is 0 Å². The van der Waals surface area contributed by atoms with E-state index in [0.717, 1.165) is 34.7 Å². The standard InChI is InChI=1S/C29H36N4O4S/c1-19-9-12-24(13-10-19)38(36,37)33-16-15-30-29(35)27(33)18-28(34)32-26-8-3-5-22-17-21(11-14-25(22)26)20(2)31-23-6-4-7-23/h9-17,20,23,26-27,31H,3-8,18H2,1-2H3,(H,30,35)(H,32,34)/t20-,26+,27+/m0/s1. The predicted octanol–water partition coefficient (Wildman–Crippen LogP) is 3.74. The number of amides is 2. The van der Waals surface area contributed by atoms with Crippen molar-refractivity contribution in [2.75, 3.05) is 0 Å². The zero-order valence-electron chi connectivity index (χ0n) is 21.9. The molecule has 1 aliphatic heterocycles. The first-order chi connectivity index (χ1) is 18.2. The van der Waals surface area contributed by atoms with Crippen LogP contribution in [0, 0.1) is 6.92 Å². The van der Waals surface area contributed by atoms with E-state index in [4.69, 9.17) is 0 Å². The van der Waals surface area contributed by atoms with Gasteiger partial charge in [-0.3, -0.25) is 13.9 Å². The van der Waals surface area contributed by atoms with E-state index in [2.05, 4.69) is 41.1 Å². The molecule has 3 aliphatic rings. The molecule has 2 aromatic rings. The van der Waals surface area contributed by atoms with Crippen LogP contribution in [0.4, 0.5) is 0 Å². The molecule has 0 radical (unpaired) electrons. The van der Waals surface area contributed by atoms with Crippen LogP contribution in [-0.4, -0.2) is 36.6 Å². The molecule has 2 amide bonds. The quantitative estimate of drug-likeness (QED) is 0.477. The molecule has 3 N–H and O–H groups in total. The Morgan fingerprint density at radius 2 is 1.87 bits per heavy atom. The molecule has 0 bridgehead atoms. The van der Waals surface area contributed by atoms with Crippen LogP contribution in [-0.2, 0) is 26.0 Å². The van der Waals surface area contributed by atoms with Crippen LogP contribution < -0.4 is 16.0 Å². The smallest absolute Gasteiger partial charge is 0.264 e. The summed E-state index contributed by atoms with van der Waals surface area (Å²) in [5, 5.41) is 9.32. The lowest BCUT2D eigenvalue weighted by atomic mass is 9.85. The second kappa shape index (κ2) is 10.9. The van der Waals surface area contributed by atoms with Gasteiger partial charge in [-0.15, -0.1) is 0 Å². The number of hydrogen-bond donors (Lipinski definition) is 3. The molecular formula is C29H36N4O4S. The van der Waals surface area contributed by atoms with Crippen LogP contribution in [0.15, 0.2) is 59.8 Å². The van der Waals surface area contributed by atoms with Gasteiger partial charge in [0, 0.05) is 24.5 Å². The van der Waals surface area contributed by atoms with Crippen LogP contribution in [0.3, 0.4) is 0 Å². The summed E-state index contributed by atoms with van der Waals surface area (Å²) in [5.74, 6) is -0.883. The number of benzene rings is 2. The maximum absolute atomic E-state index is 13.3. The van der Waals surface area contributed by atoms with Crippen LogP contribution >= 0.6 is 0 Å². The largest absolute Gasteiger partial charge is 0.349 e. The fourth-order valence-corrected chi connectivity index (χ4v) is 6.93. The summed E-state index contributed by atoms with van der Waals surface area (Å²) in [6.45, 7) is 4.07. The molecule has 202 valence electrons. The normalized spacial score (nSPS) is 22.3. The number of sulfonamides is 1. The first-order valence-corrected chi connectivity index (χ1v) is 14.9. The van der Waals surface area contributed by atoms with E-state index in [1.165, 1.54) is 54.9 Å². The molecule has 1 saturated carbocycles. The monoisotopic (exact) mass is 536 g/mol. The van der Waals surface area contributed by atoms with Gasteiger partial charge in [-0.2, -0.15) is 0 Å². The predicted molar refractivity (Wildman–Crippen MR) is 145 cm³/mol. The molecule has 5 rings (SSSR count). The first kappa shape index (κ1) is 26.4. The SMILES string of the molecule is Cc1ccc(S(=O)(=O)N2C=CNC(=O)[C@H]2CC(=O)N[C@@H]2CCCc3cc([C@H](C)NC4CCC4)ccc32)cc1. The van der Waals surface area contributed by atoms with Crippen molar-refractivity contribution in [3.8, 4) is 0 Å². The van der Waals surface area contributed by atoms with Crippen molar-refractivity contribution in [3.63, 3.8) is 0 Å². The highest BCUT2D eigenvalue weighted by Gasteiger charge is 2.37. The van der Waals surface area contributed by atoms with Gasteiger partial charge in [-0.1, -0.05) is 42.3 Å². The van der Waals surface area contributed by atoms with Crippen molar-refractivity contribution in [1.82, 2.24) is 20.3 Å². The van der Waals surface area contributed by atoms with E-state index in [-0.39, 0.29) is 29.3 Å². The van der Waals surface area contributed by atoms with Crippen molar-refractivity contribution >= 4 is 21.8 Å². The molecule has 2 aliphatic carbocycles. The number of carbonyl (C=O) groups excluding carboxylic acids is 2. The minimum atomic E-state index is -4.01. The highest BCUT2D eigenvalue weighted by Crippen LogP contribution is 2.33. The lowest BCUT2D eigenvalue weighted by Crippen LogP contribution is -2.51. The molecule has 0 unspecified atom stereocenters. The minimum absolute atomic E-state index is 0.0749. The third kappa shape index (κ3) is 5.49. The number of rotatable bonds is 8. The van der Waals surface area contributed by atoms with Gasteiger partial charge < -0.3 is 16.0 Å². The van der Waals surface area contributed by atoms with Gasteiger partial charge in [0.05, 0.1) is 17.4 Å². The fraction of sp³-hybridized carbons (Fsp3) is 0.448. The van der Waals surface area contributed by atoms with E-state index in [1.807, 2.05) is 6.92 Å². The third-order valence-electron chi connectivity index (χ3n) is 7.94. The molecule has 0 aromatic heterocycles. The Kier molecular flexibility index (Phi) is 7.59. The van der Waals surface area contributed by atoms with Crippen molar-refractivity contribution in [2.45, 2.75) is 87.9 Å². The number of hydrogen-bond acceptors (Lipinski definition) is 5. The number of aryl methyl sites for hydroxylation is 2. The maximum atomic E-state index is 13.3. The van der Waals surface area contributed by atoms with Gasteiger partial charge in [-0.05, 0) is 74.8 Å². The van der Waals surface area contributed by atoms with Crippen molar-refractivity contribution in [3.05, 3.63) is 77.1 Å². The maximum Gasteiger partial charge on any atom is 0.264 e. The van der Waals surface area contributed by atoms with E-state index in [0.29, 0.717) is 6.04 Å². The Morgan fingerprint density at radius 3 is 2.58 bits per heavy atom. The second-order valence-corrected chi connectivity index (χ2v) is 12.5. The highest BCUT2D eigenvalue weighted by atomic mass is 32.2. The molecule has 0 saturated heterocycles. The van der Waals surface area contributed by atoms with E-state index < -0.39 is 22.0 Å². The Labute approximate surface area is 224 Å². The average Bonchev–Trinajstić information content (AvgIpc) is 2.87.